The minimum Gasteiger partial charge on any atom is -0.310 e. The first kappa shape index (κ1) is 40.8. The molecule has 1 aliphatic carbocycles. The van der Waals surface area contributed by atoms with Gasteiger partial charge in [0.15, 0.2) is 0 Å². The Bertz CT molecular complexity index is 4520. The number of hydrogen-bond donors (Lipinski definition) is 0. The number of benzene rings is 14. The van der Waals surface area contributed by atoms with Gasteiger partial charge in [-0.1, -0.05) is 190 Å². The zero-order chi connectivity index (χ0) is 47.7. The Labute approximate surface area is 418 Å². The monoisotopic (exact) mass is 913 g/mol. The highest BCUT2D eigenvalue weighted by Crippen LogP contribution is 2.54. The molecule has 0 aliphatic heterocycles. The molecule has 336 valence electrons. The van der Waals surface area contributed by atoms with Crippen LogP contribution in [0.25, 0.3) is 120 Å². The molecule has 15 rings (SSSR count). The third-order valence-electron chi connectivity index (χ3n) is 16.1. The highest BCUT2D eigenvalue weighted by molar-refractivity contribution is 6.29. The van der Waals surface area contributed by atoms with Gasteiger partial charge in [0, 0.05) is 22.5 Å². The van der Waals surface area contributed by atoms with E-state index >= 15 is 0 Å². The van der Waals surface area contributed by atoms with Crippen LogP contribution in [-0.2, 0) is 5.41 Å². The van der Waals surface area contributed by atoms with E-state index < -0.39 is 0 Å². The minimum atomic E-state index is -0.232. The molecule has 0 radical (unpaired) electrons. The molecule has 0 heterocycles. The molecule has 0 amide bonds. The topological polar surface area (TPSA) is 3.24 Å². The van der Waals surface area contributed by atoms with Gasteiger partial charge < -0.3 is 4.90 Å². The smallest absolute Gasteiger partial charge is 0.0468 e. The summed E-state index contributed by atoms with van der Waals surface area (Å²) in [6.07, 6.45) is 0. The first-order valence-electron chi connectivity index (χ1n) is 25.2. The predicted molar refractivity (Wildman–Crippen MR) is 310 cm³/mol. The van der Waals surface area contributed by atoms with Gasteiger partial charge in [0.05, 0.1) is 0 Å². The van der Waals surface area contributed by atoms with Crippen LogP contribution in [0.1, 0.15) is 25.0 Å². The molecule has 0 bridgehead atoms. The molecule has 0 N–H and O–H groups in total. The first-order valence-corrected chi connectivity index (χ1v) is 25.2. The maximum Gasteiger partial charge on any atom is 0.0468 e. The summed E-state index contributed by atoms with van der Waals surface area (Å²) in [5.74, 6) is 0. The summed E-state index contributed by atoms with van der Waals surface area (Å²) >= 11 is 0. The largest absolute Gasteiger partial charge is 0.310 e. The fourth-order valence-corrected chi connectivity index (χ4v) is 12.5. The Balaban J connectivity index is 0.913. The van der Waals surface area contributed by atoms with E-state index in [2.05, 4.69) is 267 Å². The van der Waals surface area contributed by atoms with Gasteiger partial charge in [0.25, 0.3) is 0 Å². The molecule has 0 atom stereocenters. The highest BCUT2D eigenvalue weighted by atomic mass is 15.1. The van der Waals surface area contributed by atoms with E-state index in [0.29, 0.717) is 0 Å². The third-order valence-corrected chi connectivity index (χ3v) is 16.1. The van der Waals surface area contributed by atoms with Crippen LogP contribution in [0, 0.1) is 0 Å². The summed E-state index contributed by atoms with van der Waals surface area (Å²) < 4.78 is 0. The third kappa shape index (κ3) is 6.14. The number of nitrogens with zero attached hydrogens (tertiary/aromatic N) is 1. The van der Waals surface area contributed by atoms with Gasteiger partial charge in [-0.2, -0.15) is 0 Å². The van der Waals surface area contributed by atoms with Crippen LogP contribution in [0.15, 0.2) is 249 Å². The minimum absolute atomic E-state index is 0.232. The lowest BCUT2D eigenvalue weighted by Gasteiger charge is -2.27. The summed E-state index contributed by atoms with van der Waals surface area (Å²) in [6, 6.07) is 93.1. The molecule has 0 saturated carbocycles. The molecular formula is C71H47N. The van der Waals surface area contributed by atoms with Crippen molar-refractivity contribution in [2.45, 2.75) is 19.3 Å². The van der Waals surface area contributed by atoms with Gasteiger partial charge in [-0.25, -0.2) is 0 Å². The Morgan fingerprint density at radius 3 is 1.17 bits per heavy atom. The molecule has 1 nitrogen and oxygen atoms in total. The second-order valence-corrected chi connectivity index (χ2v) is 20.4. The van der Waals surface area contributed by atoms with Crippen LogP contribution >= 0.6 is 0 Å². The van der Waals surface area contributed by atoms with Crippen molar-refractivity contribution in [3.8, 4) is 33.4 Å². The highest BCUT2D eigenvalue weighted by Gasteiger charge is 2.37. The molecule has 0 saturated heterocycles. The van der Waals surface area contributed by atoms with Crippen molar-refractivity contribution < 1.29 is 0 Å². The van der Waals surface area contributed by atoms with Crippen molar-refractivity contribution in [1.82, 2.24) is 0 Å². The molecule has 1 heteroatoms. The van der Waals surface area contributed by atoms with E-state index in [1.54, 1.807) is 0 Å². The normalized spacial score (nSPS) is 13.0. The van der Waals surface area contributed by atoms with Crippen LogP contribution < -0.4 is 4.90 Å². The average molecular weight is 914 g/mol. The summed E-state index contributed by atoms with van der Waals surface area (Å²) in [6.45, 7) is 4.87. The fraction of sp³-hybridized carbons (Fsp3) is 0.0423. The maximum atomic E-state index is 2.54. The van der Waals surface area contributed by atoms with E-state index in [1.165, 1.54) is 131 Å². The summed E-state index contributed by atoms with van der Waals surface area (Å²) in [7, 11) is 0. The van der Waals surface area contributed by atoms with Crippen LogP contribution in [-0.4, -0.2) is 0 Å². The fourth-order valence-electron chi connectivity index (χ4n) is 12.5. The van der Waals surface area contributed by atoms with Crippen molar-refractivity contribution in [3.63, 3.8) is 0 Å². The van der Waals surface area contributed by atoms with Gasteiger partial charge >= 0.3 is 0 Å². The first-order chi connectivity index (χ1) is 35.4. The Morgan fingerprint density at radius 2 is 0.611 bits per heavy atom. The van der Waals surface area contributed by atoms with E-state index in [0.717, 1.165) is 17.1 Å². The summed E-state index contributed by atoms with van der Waals surface area (Å²) in [5, 5.41) is 20.3. The van der Waals surface area contributed by atoms with Crippen molar-refractivity contribution >= 4 is 103 Å². The molecule has 72 heavy (non-hydrogen) atoms. The summed E-state index contributed by atoms with van der Waals surface area (Å²) in [5.41, 5.74) is 13.5. The Kier molecular flexibility index (Phi) is 8.77. The van der Waals surface area contributed by atoms with Crippen molar-refractivity contribution in [3.05, 3.63) is 260 Å². The van der Waals surface area contributed by atoms with Gasteiger partial charge in [-0.3, -0.25) is 0 Å². The predicted octanol–water partition coefficient (Wildman–Crippen LogP) is 20.0. The van der Waals surface area contributed by atoms with Crippen LogP contribution in [0.5, 0.6) is 0 Å². The lowest BCUT2D eigenvalue weighted by Crippen LogP contribution is -2.15. The van der Waals surface area contributed by atoms with Crippen LogP contribution in [0.2, 0.25) is 0 Å². The van der Waals surface area contributed by atoms with Crippen molar-refractivity contribution in [2.75, 3.05) is 4.90 Å². The number of hydrogen-bond acceptors (Lipinski definition) is 1. The zero-order valence-corrected chi connectivity index (χ0v) is 40.1. The molecule has 0 unspecified atom stereocenters. The van der Waals surface area contributed by atoms with Gasteiger partial charge in [0.2, 0.25) is 0 Å². The number of anilines is 3. The van der Waals surface area contributed by atoms with Gasteiger partial charge in [-0.05, 0) is 203 Å². The second-order valence-electron chi connectivity index (χ2n) is 20.4. The summed E-state index contributed by atoms with van der Waals surface area (Å²) in [4.78, 5) is 2.43. The second kappa shape index (κ2) is 15.5. The van der Waals surface area contributed by atoms with E-state index in [1.807, 2.05) is 0 Å². The van der Waals surface area contributed by atoms with E-state index in [4.69, 9.17) is 0 Å². The van der Waals surface area contributed by atoms with E-state index in [-0.39, 0.29) is 5.41 Å². The maximum absolute atomic E-state index is 2.54. The van der Waals surface area contributed by atoms with Crippen LogP contribution in [0.3, 0.4) is 0 Å². The molecule has 0 spiro atoms. The molecule has 14 aromatic rings. The Morgan fingerprint density at radius 1 is 0.236 bits per heavy atom. The standard InChI is InChI=1S/C71H47N/c1-71(2)69-42-65-59-33-29-51(48-22-14-21-47(35-48)44-15-4-3-5-16-44)38-61(59)55-23-10-12-25-57(55)63(65)40-67(69)68-41-64-58-26-13-11-24-56(58)62-39-54(32-34-60(62)66(64)43-70(68)71)72(52-30-27-45-17-6-8-19-49(45)36-52)53-31-28-46-18-7-9-20-50(46)37-53/h3-43H,1-2H3. The molecular weight excluding hydrogens is 867 g/mol. The molecule has 14 aromatic carbocycles. The lowest BCUT2D eigenvalue weighted by molar-refractivity contribution is 0.662. The average Bonchev–Trinajstić information content (AvgIpc) is 3.66. The van der Waals surface area contributed by atoms with Crippen LogP contribution in [0.4, 0.5) is 17.1 Å². The molecule has 0 fully saturated rings. The van der Waals surface area contributed by atoms with Gasteiger partial charge in [-0.15, -0.1) is 0 Å². The number of rotatable bonds is 5. The quantitative estimate of drug-likeness (QED) is 0.156. The lowest BCUT2D eigenvalue weighted by atomic mass is 9.80. The zero-order valence-electron chi connectivity index (χ0n) is 40.1. The van der Waals surface area contributed by atoms with Gasteiger partial charge in [0.1, 0.15) is 0 Å². The van der Waals surface area contributed by atoms with Crippen molar-refractivity contribution in [2.24, 2.45) is 0 Å². The molecule has 0 aromatic heterocycles. The number of fused-ring (bicyclic) bond motifs is 17. The van der Waals surface area contributed by atoms with Crippen molar-refractivity contribution in [1.29, 1.82) is 0 Å². The molecule has 1 aliphatic rings. The SMILES string of the molecule is CC1(C)c2cc3c4ccc(-c5cccc(-c6ccccc6)c5)cc4c4ccccc4c3cc2-c2cc3c4ccccc4c4cc(N(c5ccc6ccccc6c5)c5ccc6ccccc6c5)ccc4c3cc21. The Hall–Kier alpha value is -9.04. The van der Waals surface area contributed by atoms with E-state index in [9.17, 15) is 0 Å².